The fourth-order valence-corrected chi connectivity index (χ4v) is 3.85. The largest absolute Gasteiger partial charge is 0.280 e. The Morgan fingerprint density at radius 3 is 1.92 bits per heavy atom. The number of benzene rings is 2. The predicted octanol–water partition coefficient (Wildman–Crippen LogP) is 3.19. The smallest absolute Gasteiger partial charge is 0.261 e. The summed E-state index contributed by atoms with van der Waals surface area (Å²) in [5.74, 6) is 0. The molecule has 0 amide bonds. The van der Waals surface area contributed by atoms with Gasteiger partial charge in [0.2, 0.25) is 0 Å². The Labute approximate surface area is 143 Å². The zero-order valence-corrected chi connectivity index (χ0v) is 15.7. The highest BCUT2D eigenvalue weighted by Gasteiger charge is 2.18. The van der Waals surface area contributed by atoms with Gasteiger partial charge < -0.3 is 0 Å². The van der Waals surface area contributed by atoms with Gasteiger partial charge in [-0.3, -0.25) is 4.72 Å². The van der Waals surface area contributed by atoms with Crippen molar-refractivity contribution in [3.8, 4) is 0 Å². The maximum atomic E-state index is 12.5. The molecule has 0 bridgehead atoms. The number of rotatable bonds is 4. The van der Waals surface area contributed by atoms with Crippen molar-refractivity contribution < 1.29 is 16.8 Å². The monoisotopic (exact) mass is 367 g/mol. The molecular formula is C17H21NO4S2. The molecule has 2 rings (SSSR count). The molecule has 2 aromatic rings. The lowest BCUT2D eigenvalue weighted by Gasteiger charge is -2.19. The first-order chi connectivity index (χ1) is 10.9. The van der Waals surface area contributed by atoms with E-state index in [4.69, 9.17) is 0 Å². The lowest BCUT2D eigenvalue weighted by atomic mass is 9.87. The van der Waals surface area contributed by atoms with E-state index >= 15 is 0 Å². The van der Waals surface area contributed by atoms with Crippen molar-refractivity contribution in [1.82, 2.24) is 0 Å². The van der Waals surface area contributed by atoms with E-state index in [0.29, 0.717) is 0 Å². The summed E-state index contributed by atoms with van der Waals surface area (Å²) >= 11 is 0. The van der Waals surface area contributed by atoms with E-state index in [0.717, 1.165) is 11.8 Å². The highest BCUT2D eigenvalue weighted by molar-refractivity contribution is 7.92. The third-order valence-electron chi connectivity index (χ3n) is 3.55. The zero-order valence-electron chi connectivity index (χ0n) is 14.1. The van der Waals surface area contributed by atoms with Crippen LogP contribution in [0.3, 0.4) is 0 Å². The van der Waals surface area contributed by atoms with E-state index in [-0.39, 0.29) is 20.9 Å². The van der Waals surface area contributed by atoms with E-state index in [1.165, 1.54) is 24.3 Å². The predicted molar refractivity (Wildman–Crippen MR) is 95.5 cm³/mol. The van der Waals surface area contributed by atoms with Gasteiger partial charge in [0.25, 0.3) is 10.0 Å². The molecule has 2 aromatic carbocycles. The van der Waals surface area contributed by atoms with Gasteiger partial charge in [0.15, 0.2) is 9.84 Å². The fraction of sp³-hybridized carbons (Fsp3) is 0.294. The van der Waals surface area contributed by atoms with Gasteiger partial charge in [0.05, 0.1) is 15.5 Å². The van der Waals surface area contributed by atoms with Crippen LogP contribution in [0.4, 0.5) is 5.69 Å². The van der Waals surface area contributed by atoms with Gasteiger partial charge in [-0.25, -0.2) is 16.8 Å². The second kappa shape index (κ2) is 6.22. The van der Waals surface area contributed by atoms with E-state index in [9.17, 15) is 16.8 Å². The van der Waals surface area contributed by atoms with E-state index < -0.39 is 19.9 Å². The fourth-order valence-electron chi connectivity index (χ4n) is 2.14. The summed E-state index contributed by atoms with van der Waals surface area (Å²) in [4.78, 5) is 0.186. The van der Waals surface area contributed by atoms with Crippen molar-refractivity contribution in [2.24, 2.45) is 0 Å². The molecule has 0 saturated carbocycles. The van der Waals surface area contributed by atoms with Crippen molar-refractivity contribution >= 4 is 25.5 Å². The highest BCUT2D eigenvalue weighted by Crippen LogP contribution is 2.24. The van der Waals surface area contributed by atoms with Gasteiger partial charge in [-0.05, 0) is 41.3 Å². The van der Waals surface area contributed by atoms with Crippen LogP contribution in [0.2, 0.25) is 0 Å². The molecule has 0 radical (unpaired) electrons. The van der Waals surface area contributed by atoms with Gasteiger partial charge in [-0.1, -0.05) is 39.0 Å². The molecule has 0 aliphatic rings. The first-order valence-electron chi connectivity index (χ1n) is 7.33. The first-order valence-corrected chi connectivity index (χ1v) is 10.7. The number of sulfone groups is 1. The summed E-state index contributed by atoms with van der Waals surface area (Å²) in [5.41, 5.74) is 1.16. The summed E-state index contributed by atoms with van der Waals surface area (Å²) < 4.78 is 50.5. The Morgan fingerprint density at radius 1 is 0.833 bits per heavy atom. The molecule has 5 nitrogen and oxygen atoms in total. The van der Waals surface area contributed by atoms with E-state index in [1.807, 2.05) is 20.8 Å². The van der Waals surface area contributed by atoms with E-state index in [1.54, 1.807) is 24.3 Å². The van der Waals surface area contributed by atoms with Crippen LogP contribution in [-0.2, 0) is 25.3 Å². The maximum absolute atomic E-state index is 12.5. The standard InChI is InChI=1S/C17H21NO4S2/c1-17(2,3)13-8-10-15(11-9-13)24(21,22)18-14-6-5-7-16(12-14)23(4,19)20/h5-12,18H,1-4H3. The Morgan fingerprint density at radius 2 is 1.42 bits per heavy atom. The number of hydrogen-bond acceptors (Lipinski definition) is 4. The molecule has 7 heteroatoms. The van der Waals surface area contributed by atoms with Crippen molar-refractivity contribution in [2.75, 3.05) is 11.0 Å². The molecule has 0 atom stereocenters. The highest BCUT2D eigenvalue weighted by atomic mass is 32.2. The Balaban J connectivity index is 2.32. The lowest BCUT2D eigenvalue weighted by molar-refractivity contribution is 0.587. The van der Waals surface area contributed by atoms with Crippen LogP contribution in [-0.4, -0.2) is 23.1 Å². The summed E-state index contributed by atoms with van der Waals surface area (Å²) in [6.45, 7) is 6.14. The minimum absolute atomic E-state index is 0.0609. The molecule has 0 aliphatic heterocycles. The molecule has 0 saturated heterocycles. The first kappa shape index (κ1) is 18.5. The van der Waals surface area contributed by atoms with Crippen LogP contribution in [0.25, 0.3) is 0 Å². The molecule has 24 heavy (non-hydrogen) atoms. The SMILES string of the molecule is CC(C)(C)c1ccc(S(=O)(=O)Nc2cccc(S(C)(=O)=O)c2)cc1. The topological polar surface area (TPSA) is 80.3 Å². The third-order valence-corrected chi connectivity index (χ3v) is 6.05. The molecule has 0 aromatic heterocycles. The minimum Gasteiger partial charge on any atom is -0.280 e. The molecule has 0 heterocycles. The van der Waals surface area contributed by atoms with Crippen LogP contribution in [0, 0.1) is 0 Å². The number of nitrogens with one attached hydrogen (secondary N) is 1. The van der Waals surface area contributed by atoms with Gasteiger partial charge in [0.1, 0.15) is 0 Å². The number of sulfonamides is 1. The molecule has 130 valence electrons. The minimum atomic E-state index is -3.78. The molecule has 0 spiro atoms. The van der Waals surface area contributed by atoms with Crippen molar-refractivity contribution in [3.05, 3.63) is 54.1 Å². The third kappa shape index (κ3) is 4.36. The molecule has 0 unspecified atom stereocenters. The van der Waals surface area contributed by atoms with Gasteiger partial charge in [-0.15, -0.1) is 0 Å². The van der Waals surface area contributed by atoms with Crippen LogP contribution in [0.1, 0.15) is 26.3 Å². The van der Waals surface area contributed by atoms with Gasteiger partial charge in [0, 0.05) is 6.26 Å². The zero-order chi connectivity index (χ0) is 18.2. The van der Waals surface area contributed by atoms with Crippen molar-refractivity contribution in [3.63, 3.8) is 0 Å². The summed E-state index contributed by atoms with van der Waals surface area (Å²) in [7, 11) is -7.19. The normalized spacial score (nSPS) is 12.8. The molecule has 1 N–H and O–H groups in total. The number of anilines is 1. The molecule has 0 aliphatic carbocycles. The van der Waals surface area contributed by atoms with Crippen molar-refractivity contribution in [2.45, 2.75) is 36.0 Å². The molecule has 0 fully saturated rings. The maximum Gasteiger partial charge on any atom is 0.261 e. The average molecular weight is 367 g/mol. The Bertz CT molecular complexity index is 939. The van der Waals surface area contributed by atoms with Gasteiger partial charge >= 0.3 is 0 Å². The van der Waals surface area contributed by atoms with Crippen LogP contribution >= 0.6 is 0 Å². The summed E-state index contributed by atoms with van der Waals surface area (Å²) in [6.07, 6.45) is 1.08. The van der Waals surface area contributed by atoms with Crippen LogP contribution in [0.5, 0.6) is 0 Å². The van der Waals surface area contributed by atoms with Crippen LogP contribution < -0.4 is 4.72 Å². The van der Waals surface area contributed by atoms with E-state index in [2.05, 4.69) is 4.72 Å². The second-order valence-electron chi connectivity index (χ2n) is 6.68. The van der Waals surface area contributed by atoms with Gasteiger partial charge in [-0.2, -0.15) is 0 Å². The summed E-state index contributed by atoms with van der Waals surface area (Å²) in [6, 6.07) is 12.4. The second-order valence-corrected chi connectivity index (χ2v) is 10.4. The quantitative estimate of drug-likeness (QED) is 0.900. The lowest BCUT2D eigenvalue weighted by Crippen LogP contribution is -2.15. The Hall–Kier alpha value is -1.86. The van der Waals surface area contributed by atoms with Crippen molar-refractivity contribution in [1.29, 1.82) is 0 Å². The average Bonchev–Trinajstić information content (AvgIpc) is 2.45. The van der Waals surface area contributed by atoms with Crippen LogP contribution in [0.15, 0.2) is 58.3 Å². The summed E-state index contributed by atoms with van der Waals surface area (Å²) in [5, 5.41) is 0. The Kier molecular flexibility index (Phi) is 4.79. The number of hydrogen-bond donors (Lipinski definition) is 1. The molecular weight excluding hydrogens is 346 g/mol.